The zero-order valence-electron chi connectivity index (χ0n) is 14.9. The van der Waals surface area contributed by atoms with E-state index in [0.29, 0.717) is 29.4 Å². The average molecular weight is 395 g/mol. The molecule has 140 valence electrons. The lowest BCUT2D eigenvalue weighted by molar-refractivity contribution is 0.0755. The van der Waals surface area contributed by atoms with Crippen LogP contribution in [0.15, 0.2) is 53.4 Å². The van der Waals surface area contributed by atoms with E-state index in [1.807, 2.05) is 13.8 Å². The molecular weight excluding hydrogens is 372 g/mol. The first-order valence-electron chi connectivity index (χ1n) is 8.55. The van der Waals surface area contributed by atoms with Crippen LogP contribution >= 0.6 is 11.6 Å². The first-order valence-corrected chi connectivity index (χ1v) is 10.4. The zero-order chi connectivity index (χ0) is 19.2. The minimum Gasteiger partial charge on any atom is -0.339 e. The summed E-state index contributed by atoms with van der Waals surface area (Å²) in [5.41, 5.74) is 0.787. The molecule has 0 heterocycles. The molecule has 0 aliphatic carbocycles. The monoisotopic (exact) mass is 394 g/mol. The van der Waals surface area contributed by atoms with Gasteiger partial charge in [-0.25, -0.2) is 8.42 Å². The lowest BCUT2D eigenvalue weighted by Gasteiger charge is -2.21. The molecule has 26 heavy (non-hydrogen) atoms. The highest BCUT2D eigenvalue weighted by Gasteiger charge is 2.18. The highest BCUT2D eigenvalue weighted by Crippen LogP contribution is 2.24. The molecule has 0 atom stereocenters. The Balaban J connectivity index is 2.20. The number of amides is 1. The van der Waals surface area contributed by atoms with Crippen LogP contribution in [0.1, 0.15) is 37.0 Å². The summed E-state index contributed by atoms with van der Waals surface area (Å²) in [6, 6.07) is 12.6. The van der Waals surface area contributed by atoms with Crippen LogP contribution in [0.25, 0.3) is 0 Å². The van der Waals surface area contributed by atoms with Crippen LogP contribution < -0.4 is 4.72 Å². The second-order valence-electron chi connectivity index (χ2n) is 5.90. The van der Waals surface area contributed by atoms with Crippen molar-refractivity contribution in [3.05, 3.63) is 59.1 Å². The number of benzene rings is 2. The van der Waals surface area contributed by atoms with Gasteiger partial charge in [0.25, 0.3) is 15.9 Å². The number of carbonyl (C=O) groups is 1. The van der Waals surface area contributed by atoms with Gasteiger partial charge in [0.15, 0.2) is 0 Å². The van der Waals surface area contributed by atoms with Crippen molar-refractivity contribution in [2.75, 3.05) is 17.8 Å². The van der Waals surface area contributed by atoms with Gasteiger partial charge in [0.2, 0.25) is 0 Å². The van der Waals surface area contributed by atoms with E-state index >= 15 is 0 Å². The van der Waals surface area contributed by atoms with Gasteiger partial charge in [0, 0.05) is 18.7 Å². The molecule has 1 amide bonds. The van der Waals surface area contributed by atoms with Crippen LogP contribution in [0.5, 0.6) is 0 Å². The first-order chi connectivity index (χ1) is 12.4. The molecule has 0 aliphatic heterocycles. The third-order valence-electron chi connectivity index (χ3n) is 3.80. The van der Waals surface area contributed by atoms with E-state index in [-0.39, 0.29) is 10.8 Å². The van der Waals surface area contributed by atoms with Crippen LogP contribution in [-0.2, 0) is 10.0 Å². The second kappa shape index (κ2) is 9.05. The number of para-hydroxylation sites is 1. The smallest absolute Gasteiger partial charge is 0.261 e. The van der Waals surface area contributed by atoms with E-state index in [9.17, 15) is 13.2 Å². The van der Waals surface area contributed by atoms with Crippen molar-refractivity contribution in [1.82, 2.24) is 4.90 Å². The van der Waals surface area contributed by atoms with E-state index < -0.39 is 10.0 Å². The molecule has 0 aliphatic rings. The topological polar surface area (TPSA) is 66.5 Å². The molecular formula is C19H23ClN2O3S. The summed E-state index contributed by atoms with van der Waals surface area (Å²) in [6.45, 7) is 5.40. The van der Waals surface area contributed by atoms with Crippen LogP contribution in [0.4, 0.5) is 5.69 Å². The van der Waals surface area contributed by atoms with Crippen molar-refractivity contribution in [2.24, 2.45) is 0 Å². The molecule has 7 heteroatoms. The van der Waals surface area contributed by atoms with Crippen molar-refractivity contribution < 1.29 is 13.2 Å². The molecule has 0 aromatic heterocycles. The molecule has 1 N–H and O–H groups in total. The molecule has 0 saturated carbocycles. The number of hydrogen-bond acceptors (Lipinski definition) is 3. The largest absolute Gasteiger partial charge is 0.339 e. The second-order valence-corrected chi connectivity index (χ2v) is 7.99. The van der Waals surface area contributed by atoms with Gasteiger partial charge in [-0.3, -0.25) is 9.52 Å². The minimum atomic E-state index is -3.78. The number of nitrogens with zero attached hydrogens (tertiary/aromatic N) is 1. The Morgan fingerprint density at radius 3 is 2.12 bits per heavy atom. The van der Waals surface area contributed by atoms with Crippen molar-refractivity contribution in [2.45, 2.75) is 31.6 Å². The molecule has 2 aromatic rings. The van der Waals surface area contributed by atoms with E-state index in [4.69, 9.17) is 11.6 Å². The summed E-state index contributed by atoms with van der Waals surface area (Å²) in [5, 5.41) is 0.317. The number of rotatable bonds is 8. The summed E-state index contributed by atoms with van der Waals surface area (Å²) in [4.78, 5) is 14.4. The molecule has 0 radical (unpaired) electrons. The summed E-state index contributed by atoms with van der Waals surface area (Å²) in [7, 11) is -3.78. The van der Waals surface area contributed by atoms with Crippen LogP contribution in [0.3, 0.4) is 0 Å². The van der Waals surface area contributed by atoms with E-state index in [2.05, 4.69) is 4.72 Å². The minimum absolute atomic E-state index is 0.0755. The fourth-order valence-corrected chi connectivity index (χ4v) is 3.88. The van der Waals surface area contributed by atoms with Gasteiger partial charge in [-0.15, -0.1) is 0 Å². The zero-order valence-corrected chi connectivity index (χ0v) is 16.5. The molecule has 0 spiro atoms. The first kappa shape index (κ1) is 20.3. The molecule has 5 nitrogen and oxygen atoms in total. The molecule has 0 fully saturated rings. The fourth-order valence-electron chi connectivity index (χ4n) is 2.56. The third kappa shape index (κ3) is 4.99. The van der Waals surface area contributed by atoms with Gasteiger partial charge in [-0.1, -0.05) is 37.6 Å². The van der Waals surface area contributed by atoms with Gasteiger partial charge < -0.3 is 4.90 Å². The van der Waals surface area contributed by atoms with Gasteiger partial charge >= 0.3 is 0 Å². The number of carbonyl (C=O) groups excluding carboxylic acids is 1. The van der Waals surface area contributed by atoms with Crippen LogP contribution in [0, 0.1) is 0 Å². The van der Waals surface area contributed by atoms with Crippen molar-refractivity contribution in [3.8, 4) is 0 Å². The molecule has 2 aromatic carbocycles. The normalized spacial score (nSPS) is 11.2. The SMILES string of the molecule is CCCN(CCC)C(=O)c1ccc(S(=O)(=O)Nc2ccccc2Cl)cc1. The van der Waals surface area contributed by atoms with E-state index in [1.54, 1.807) is 41.3 Å². The molecule has 0 saturated heterocycles. The summed E-state index contributed by atoms with van der Waals surface area (Å²) >= 11 is 6.00. The molecule has 2 rings (SSSR count). The van der Waals surface area contributed by atoms with Gasteiger partial charge in [-0.05, 0) is 49.2 Å². The highest BCUT2D eigenvalue weighted by molar-refractivity contribution is 7.92. The summed E-state index contributed by atoms with van der Waals surface area (Å²) in [5.74, 6) is -0.0864. The van der Waals surface area contributed by atoms with Crippen LogP contribution in [0.2, 0.25) is 5.02 Å². The highest BCUT2D eigenvalue weighted by atomic mass is 35.5. The predicted octanol–water partition coefficient (Wildman–Crippen LogP) is 4.40. The summed E-state index contributed by atoms with van der Waals surface area (Å²) in [6.07, 6.45) is 1.75. The Morgan fingerprint density at radius 1 is 1.00 bits per heavy atom. The Labute approximate surface area is 160 Å². The maximum atomic E-state index is 12.6. The number of halogens is 1. The van der Waals surface area contributed by atoms with E-state index in [1.165, 1.54) is 12.1 Å². The lowest BCUT2D eigenvalue weighted by atomic mass is 10.2. The van der Waals surface area contributed by atoms with Gasteiger partial charge in [-0.2, -0.15) is 0 Å². The number of nitrogens with one attached hydrogen (secondary N) is 1. The van der Waals surface area contributed by atoms with Gasteiger partial charge in [0.05, 0.1) is 15.6 Å². The van der Waals surface area contributed by atoms with Gasteiger partial charge in [0.1, 0.15) is 0 Å². The third-order valence-corrected chi connectivity index (χ3v) is 5.52. The van der Waals surface area contributed by atoms with E-state index in [0.717, 1.165) is 12.8 Å². The standard InChI is InChI=1S/C19H23ClN2O3S/c1-3-13-22(14-4-2)19(23)15-9-11-16(12-10-15)26(24,25)21-18-8-6-5-7-17(18)20/h5-12,21H,3-4,13-14H2,1-2H3. The number of sulfonamides is 1. The number of anilines is 1. The average Bonchev–Trinajstić information content (AvgIpc) is 2.63. The van der Waals surface area contributed by atoms with Crippen molar-refractivity contribution in [1.29, 1.82) is 0 Å². The molecule has 0 bridgehead atoms. The lowest BCUT2D eigenvalue weighted by Crippen LogP contribution is -2.32. The quantitative estimate of drug-likeness (QED) is 0.721. The predicted molar refractivity (Wildman–Crippen MR) is 105 cm³/mol. The maximum absolute atomic E-state index is 12.6. The maximum Gasteiger partial charge on any atom is 0.261 e. The summed E-state index contributed by atoms with van der Waals surface area (Å²) < 4.78 is 27.5. The fraction of sp³-hybridized carbons (Fsp3) is 0.316. The Kier molecular flexibility index (Phi) is 7.06. The Hall–Kier alpha value is -2.05. The molecule has 0 unspecified atom stereocenters. The van der Waals surface area contributed by atoms with Crippen LogP contribution in [-0.4, -0.2) is 32.3 Å². The number of hydrogen-bond donors (Lipinski definition) is 1. The Bertz CT molecular complexity index is 845. The van der Waals surface area contributed by atoms with Crippen molar-refractivity contribution >= 4 is 33.2 Å². The van der Waals surface area contributed by atoms with Crippen molar-refractivity contribution in [3.63, 3.8) is 0 Å². The Morgan fingerprint density at radius 2 is 1.58 bits per heavy atom.